The van der Waals surface area contributed by atoms with E-state index in [1.165, 1.54) is 0 Å². The average Bonchev–Trinajstić information content (AvgIpc) is 2.72. The molecule has 2 rings (SSSR count). The van der Waals surface area contributed by atoms with Gasteiger partial charge in [0.2, 0.25) is 0 Å². The number of nitrogens with two attached hydrogens (primary N) is 1. The lowest BCUT2D eigenvalue weighted by molar-refractivity contribution is 0.198. The van der Waals surface area contributed by atoms with Gasteiger partial charge in [0.1, 0.15) is 5.82 Å². The normalized spacial score (nSPS) is 12.3. The van der Waals surface area contributed by atoms with E-state index in [4.69, 9.17) is 15.5 Å². The number of ether oxygens (including phenoxy) is 1. The van der Waals surface area contributed by atoms with Crippen LogP contribution in [0, 0.1) is 0 Å². The molecule has 0 aliphatic rings. The first-order chi connectivity index (χ1) is 8.97. The summed E-state index contributed by atoms with van der Waals surface area (Å²) in [4.78, 5) is 4.75. The molecule has 0 saturated heterocycles. The summed E-state index contributed by atoms with van der Waals surface area (Å²) in [5.74, 6) is 1.07. The number of imidazole rings is 1. The fraction of sp³-hybridized carbons (Fsp3) is 0.533. The van der Waals surface area contributed by atoms with Crippen LogP contribution in [-0.4, -0.2) is 23.3 Å². The van der Waals surface area contributed by atoms with Crippen molar-refractivity contribution in [1.82, 2.24) is 9.55 Å². The molecule has 0 fully saturated rings. The van der Waals surface area contributed by atoms with Gasteiger partial charge in [-0.2, -0.15) is 0 Å². The van der Waals surface area contributed by atoms with Gasteiger partial charge in [-0.3, -0.25) is 0 Å². The quantitative estimate of drug-likeness (QED) is 0.919. The van der Waals surface area contributed by atoms with E-state index in [-0.39, 0.29) is 5.54 Å². The summed E-state index contributed by atoms with van der Waals surface area (Å²) in [6.45, 7) is 7.82. The van der Waals surface area contributed by atoms with Crippen molar-refractivity contribution in [3.05, 3.63) is 29.6 Å². The summed E-state index contributed by atoms with van der Waals surface area (Å²) in [5, 5.41) is 0. The summed E-state index contributed by atoms with van der Waals surface area (Å²) in [6.07, 6.45) is 0.820. The van der Waals surface area contributed by atoms with Crippen molar-refractivity contribution in [1.29, 1.82) is 0 Å². The molecule has 2 aromatic rings. The largest absolute Gasteiger partial charge is 0.384 e. The van der Waals surface area contributed by atoms with Crippen molar-refractivity contribution >= 4 is 11.0 Å². The second kappa shape index (κ2) is 5.31. The van der Waals surface area contributed by atoms with Crippen LogP contribution in [0.2, 0.25) is 0 Å². The third-order valence-corrected chi connectivity index (χ3v) is 3.22. The predicted molar refractivity (Wildman–Crippen MR) is 78.2 cm³/mol. The maximum absolute atomic E-state index is 5.70. The van der Waals surface area contributed by atoms with Gasteiger partial charge in [0.05, 0.1) is 17.6 Å². The Labute approximate surface area is 114 Å². The van der Waals surface area contributed by atoms with Crippen molar-refractivity contribution in [2.24, 2.45) is 5.73 Å². The fourth-order valence-corrected chi connectivity index (χ4v) is 2.41. The van der Waals surface area contributed by atoms with Gasteiger partial charge in [-0.15, -0.1) is 0 Å². The van der Waals surface area contributed by atoms with E-state index in [2.05, 4.69) is 43.5 Å². The Morgan fingerprint density at radius 3 is 2.63 bits per heavy atom. The number of hydrogen-bond donors (Lipinski definition) is 1. The Morgan fingerprint density at radius 2 is 2.05 bits per heavy atom. The van der Waals surface area contributed by atoms with Gasteiger partial charge in [-0.25, -0.2) is 4.98 Å². The summed E-state index contributed by atoms with van der Waals surface area (Å²) in [6, 6.07) is 6.27. The molecule has 0 saturated carbocycles. The number of methoxy groups -OCH3 is 1. The molecule has 0 radical (unpaired) electrons. The number of nitrogens with zero attached hydrogens (tertiary/aromatic N) is 2. The monoisotopic (exact) mass is 261 g/mol. The zero-order valence-electron chi connectivity index (χ0n) is 12.2. The Balaban J connectivity index is 2.59. The Kier molecular flexibility index (Phi) is 3.92. The lowest BCUT2D eigenvalue weighted by Crippen LogP contribution is -2.24. The highest BCUT2D eigenvalue weighted by atomic mass is 16.5. The van der Waals surface area contributed by atoms with E-state index >= 15 is 0 Å². The number of aromatic nitrogens is 2. The van der Waals surface area contributed by atoms with E-state index in [9.17, 15) is 0 Å². The number of hydrogen-bond acceptors (Lipinski definition) is 3. The van der Waals surface area contributed by atoms with E-state index in [0.717, 1.165) is 28.8 Å². The van der Waals surface area contributed by atoms with Crippen LogP contribution in [0.5, 0.6) is 0 Å². The maximum Gasteiger partial charge on any atom is 0.112 e. The molecule has 0 atom stereocenters. The highest BCUT2D eigenvalue weighted by molar-refractivity contribution is 5.77. The number of fused-ring (bicyclic) bond motifs is 1. The van der Waals surface area contributed by atoms with Crippen molar-refractivity contribution in [2.75, 3.05) is 13.7 Å². The van der Waals surface area contributed by atoms with E-state index in [1.807, 2.05) is 0 Å². The van der Waals surface area contributed by atoms with Gasteiger partial charge in [0, 0.05) is 25.6 Å². The second-order valence-electron chi connectivity index (χ2n) is 5.80. The first kappa shape index (κ1) is 14.0. The first-order valence-corrected chi connectivity index (χ1v) is 6.67. The number of rotatable bonds is 4. The van der Waals surface area contributed by atoms with E-state index in [1.54, 1.807) is 7.11 Å². The lowest BCUT2D eigenvalue weighted by Gasteiger charge is -2.24. The van der Waals surface area contributed by atoms with E-state index < -0.39 is 0 Å². The molecule has 19 heavy (non-hydrogen) atoms. The van der Waals surface area contributed by atoms with Crippen LogP contribution in [0.15, 0.2) is 18.2 Å². The van der Waals surface area contributed by atoms with Crippen LogP contribution in [0.4, 0.5) is 0 Å². The fourth-order valence-electron chi connectivity index (χ4n) is 2.41. The topological polar surface area (TPSA) is 53.1 Å². The molecule has 4 heteroatoms. The molecule has 1 heterocycles. The zero-order chi connectivity index (χ0) is 14.0. The minimum absolute atomic E-state index is 0.00204. The van der Waals surface area contributed by atoms with Gasteiger partial charge in [0.15, 0.2) is 0 Å². The van der Waals surface area contributed by atoms with Gasteiger partial charge in [-0.1, -0.05) is 6.07 Å². The Morgan fingerprint density at radius 1 is 1.32 bits per heavy atom. The van der Waals surface area contributed by atoms with Gasteiger partial charge in [0.25, 0.3) is 0 Å². The average molecular weight is 261 g/mol. The standard InChI is InChI=1S/C15H23N3O/c1-15(2,3)18-13-6-5-11(10-16)9-12(13)17-14(18)7-8-19-4/h5-6,9H,7-8,10,16H2,1-4H3. The molecule has 0 spiro atoms. The number of benzene rings is 1. The first-order valence-electron chi connectivity index (χ1n) is 6.67. The molecule has 0 aliphatic carbocycles. The van der Waals surface area contributed by atoms with Crippen LogP contribution in [0.3, 0.4) is 0 Å². The summed E-state index contributed by atoms with van der Waals surface area (Å²) in [5.41, 5.74) is 8.99. The van der Waals surface area contributed by atoms with Crippen LogP contribution < -0.4 is 5.73 Å². The van der Waals surface area contributed by atoms with Crippen LogP contribution in [0.1, 0.15) is 32.2 Å². The van der Waals surface area contributed by atoms with Crippen LogP contribution in [-0.2, 0) is 23.2 Å². The van der Waals surface area contributed by atoms with Gasteiger partial charge in [-0.05, 0) is 38.5 Å². The summed E-state index contributed by atoms with van der Waals surface area (Å²) >= 11 is 0. The zero-order valence-corrected chi connectivity index (χ0v) is 12.2. The van der Waals surface area contributed by atoms with E-state index in [0.29, 0.717) is 13.2 Å². The molecule has 2 N–H and O–H groups in total. The molecule has 0 bridgehead atoms. The minimum Gasteiger partial charge on any atom is -0.384 e. The molecule has 104 valence electrons. The highest BCUT2D eigenvalue weighted by Crippen LogP contribution is 2.26. The SMILES string of the molecule is COCCc1nc2cc(CN)ccc2n1C(C)(C)C. The Bertz CT molecular complexity index is 567. The van der Waals surface area contributed by atoms with Gasteiger partial charge < -0.3 is 15.0 Å². The summed E-state index contributed by atoms with van der Waals surface area (Å²) < 4.78 is 7.47. The molecule has 0 aliphatic heterocycles. The Hall–Kier alpha value is -1.39. The highest BCUT2D eigenvalue weighted by Gasteiger charge is 2.21. The molecule has 0 amide bonds. The van der Waals surface area contributed by atoms with Gasteiger partial charge >= 0.3 is 0 Å². The maximum atomic E-state index is 5.70. The van der Waals surface area contributed by atoms with Crippen molar-refractivity contribution in [3.8, 4) is 0 Å². The lowest BCUT2D eigenvalue weighted by atomic mass is 10.1. The summed E-state index contributed by atoms with van der Waals surface area (Å²) in [7, 11) is 1.72. The van der Waals surface area contributed by atoms with Crippen molar-refractivity contribution in [3.63, 3.8) is 0 Å². The van der Waals surface area contributed by atoms with Crippen molar-refractivity contribution < 1.29 is 4.74 Å². The molecular weight excluding hydrogens is 238 g/mol. The third-order valence-electron chi connectivity index (χ3n) is 3.22. The molecule has 0 unspecified atom stereocenters. The third kappa shape index (κ3) is 2.80. The molecule has 4 nitrogen and oxygen atoms in total. The van der Waals surface area contributed by atoms with Crippen LogP contribution in [0.25, 0.3) is 11.0 Å². The predicted octanol–water partition coefficient (Wildman–Crippen LogP) is 2.44. The molecule has 1 aromatic carbocycles. The second-order valence-corrected chi connectivity index (χ2v) is 5.80. The molecule has 1 aromatic heterocycles. The van der Waals surface area contributed by atoms with Crippen molar-refractivity contribution in [2.45, 2.75) is 39.3 Å². The molecular formula is C15H23N3O. The smallest absolute Gasteiger partial charge is 0.112 e. The van der Waals surface area contributed by atoms with Crippen LogP contribution >= 0.6 is 0 Å². The minimum atomic E-state index is 0.00204.